The van der Waals surface area contributed by atoms with Gasteiger partial charge in [0.1, 0.15) is 0 Å². The zero-order chi connectivity index (χ0) is 26.6. The van der Waals surface area contributed by atoms with Crippen molar-refractivity contribution < 1.29 is 13.2 Å². The lowest BCUT2D eigenvalue weighted by atomic mass is 10.1. The number of hydrogen-bond acceptors (Lipinski definition) is 4. The molecular weight excluding hydrogens is 482 g/mol. The fourth-order valence-electron chi connectivity index (χ4n) is 4.79. The molecular formula is C30H37N3O3S. The number of rotatable bonds is 8. The van der Waals surface area contributed by atoms with E-state index in [1.165, 1.54) is 35.5 Å². The van der Waals surface area contributed by atoms with Gasteiger partial charge in [0, 0.05) is 24.3 Å². The van der Waals surface area contributed by atoms with Crippen LogP contribution in [0.4, 0.5) is 11.4 Å². The van der Waals surface area contributed by atoms with Crippen LogP contribution < -0.4 is 14.5 Å². The highest BCUT2D eigenvalue weighted by Gasteiger charge is 2.20. The Balaban J connectivity index is 1.41. The van der Waals surface area contributed by atoms with Crippen LogP contribution in [-0.4, -0.2) is 33.7 Å². The molecule has 196 valence electrons. The summed E-state index contributed by atoms with van der Waals surface area (Å²) in [6, 6.07) is 21.2. The minimum Gasteiger partial charge on any atom is -0.372 e. The van der Waals surface area contributed by atoms with Crippen LogP contribution in [0, 0.1) is 13.8 Å². The quantitative estimate of drug-likeness (QED) is 0.411. The molecule has 3 aromatic carbocycles. The summed E-state index contributed by atoms with van der Waals surface area (Å²) in [5.41, 5.74) is 6.21. The summed E-state index contributed by atoms with van der Waals surface area (Å²) in [5.74, 6) is -0.159. The first-order chi connectivity index (χ1) is 17.6. The van der Waals surface area contributed by atoms with Gasteiger partial charge in [0.25, 0.3) is 5.91 Å². The van der Waals surface area contributed by atoms with Gasteiger partial charge in [-0.1, -0.05) is 36.4 Å². The maximum Gasteiger partial charge on any atom is 0.251 e. The number of anilines is 2. The van der Waals surface area contributed by atoms with Crippen LogP contribution in [0.1, 0.15) is 64.8 Å². The number of carbonyl (C=O) groups is 1. The standard InChI is InChI=1S/C30H37N3O3S/c1-22-8-9-23(2)29(20-22)33(37(4,35)36)21-25-10-12-27(13-11-25)30(34)31-24(3)26-14-16-28(17-15-26)32-18-6-5-7-19-32/h8-17,20,24H,5-7,18-19,21H2,1-4H3,(H,31,34)/t24-/m1/s1. The second kappa shape index (κ2) is 11.4. The van der Waals surface area contributed by atoms with Crippen molar-refractivity contribution in [2.45, 2.75) is 52.6 Å². The molecule has 1 aliphatic heterocycles. The van der Waals surface area contributed by atoms with Gasteiger partial charge in [0.15, 0.2) is 0 Å². The van der Waals surface area contributed by atoms with Crippen molar-refractivity contribution in [3.8, 4) is 0 Å². The van der Waals surface area contributed by atoms with Crippen LogP contribution in [0.25, 0.3) is 0 Å². The maximum atomic E-state index is 12.9. The smallest absolute Gasteiger partial charge is 0.251 e. The second-order valence-electron chi connectivity index (χ2n) is 10.1. The first-order valence-corrected chi connectivity index (χ1v) is 14.8. The zero-order valence-electron chi connectivity index (χ0n) is 22.2. The van der Waals surface area contributed by atoms with Gasteiger partial charge in [-0.25, -0.2) is 8.42 Å². The SMILES string of the molecule is Cc1ccc(C)c(N(Cc2ccc(C(=O)N[C@H](C)c3ccc(N4CCCCC4)cc3)cc2)S(C)(=O)=O)c1. The van der Waals surface area contributed by atoms with Gasteiger partial charge < -0.3 is 10.2 Å². The maximum absolute atomic E-state index is 12.9. The molecule has 1 N–H and O–H groups in total. The summed E-state index contributed by atoms with van der Waals surface area (Å²) in [4.78, 5) is 15.3. The summed E-state index contributed by atoms with van der Waals surface area (Å²) in [5, 5.41) is 3.08. The minimum absolute atomic E-state index is 0.132. The Morgan fingerprint density at radius 3 is 2.22 bits per heavy atom. The Labute approximate surface area is 221 Å². The number of sulfonamides is 1. The number of nitrogens with zero attached hydrogens (tertiary/aromatic N) is 2. The van der Waals surface area contributed by atoms with E-state index in [2.05, 4.69) is 34.5 Å². The number of carbonyl (C=O) groups excluding carboxylic acids is 1. The molecule has 0 aromatic heterocycles. The summed E-state index contributed by atoms with van der Waals surface area (Å²) in [7, 11) is -3.49. The Hall–Kier alpha value is -3.32. The number of amides is 1. The van der Waals surface area contributed by atoms with Gasteiger partial charge in [-0.15, -0.1) is 0 Å². The third-order valence-electron chi connectivity index (χ3n) is 7.04. The largest absolute Gasteiger partial charge is 0.372 e. The van der Waals surface area contributed by atoms with Crippen LogP contribution in [-0.2, 0) is 16.6 Å². The molecule has 0 bridgehead atoms. The number of benzene rings is 3. The van der Waals surface area contributed by atoms with Gasteiger partial charge in [-0.05, 0) is 92.6 Å². The van der Waals surface area contributed by atoms with Crippen molar-refractivity contribution in [3.63, 3.8) is 0 Å². The van der Waals surface area contributed by atoms with Crippen LogP contribution >= 0.6 is 0 Å². The fraction of sp³-hybridized carbons (Fsp3) is 0.367. The van der Waals surface area contributed by atoms with E-state index in [0.29, 0.717) is 11.3 Å². The summed E-state index contributed by atoms with van der Waals surface area (Å²) in [6.07, 6.45) is 5.01. The minimum atomic E-state index is -3.49. The van der Waals surface area contributed by atoms with Gasteiger partial charge in [0.2, 0.25) is 10.0 Å². The number of hydrogen-bond donors (Lipinski definition) is 1. The molecule has 0 radical (unpaired) electrons. The predicted octanol–water partition coefficient (Wildman–Crippen LogP) is 5.75. The fourth-order valence-corrected chi connectivity index (χ4v) is 5.72. The molecule has 4 rings (SSSR count). The van der Waals surface area contributed by atoms with E-state index in [4.69, 9.17) is 0 Å². The third kappa shape index (κ3) is 6.72. The normalized spacial score (nSPS) is 14.8. The lowest BCUT2D eigenvalue weighted by Crippen LogP contribution is -2.30. The molecule has 1 saturated heterocycles. The number of piperidine rings is 1. The highest BCUT2D eigenvalue weighted by atomic mass is 32.2. The van der Waals surface area contributed by atoms with Crippen molar-refractivity contribution in [2.75, 3.05) is 28.6 Å². The summed E-state index contributed by atoms with van der Waals surface area (Å²) < 4.78 is 26.6. The van der Waals surface area contributed by atoms with Crippen molar-refractivity contribution in [1.82, 2.24) is 5.32 Å². The first-order valence-electron chi connectivity index (χ1n) is 12.9. The van der Waals surface area contributed by atoms with E-state index >= 15 is 0 Å². The average molecular weight is 520 g/mol. The van der Waals surface area contributed by atoms with E-state index in [1.54, 1.807) is 12.1 Å². The molecule has 3 aromatic rings. The predicted molar refractivity (Wildman–Crippen MR) is 152 cm³/mol. The molecule has 0 aliphatic carbocycles. The lowest BCUT2D eigenvalue weighted by Gasteiger charge is -2.29. The molecule has 1 heterocycles. The van der Waals surface area contributed by atoms with Crippen LogP contribution in [0.2, 0.25) is 0 Å². The molecule has 7 heteroatoms. The van der Waals surface area contributed by atoms with E-state index in [0.717, 1.165) is 35.3 Å². The molecule has 1 fully saturated rings. The zero-order valence-corrected chi connectivity index (χ0v) is 23.0. The Kier molecular flexibility index (Phi) is 8.22. The van der Waals surface area contributed by atoms with E-state index in [9.17, 15) is 13.2 Å². The van der Waals surface area contributed by atoms with Gasteiger partial charge in [0.05, 0.1) is 24.5 Å². The number of aryl methyl sites for hydroxylation is 2. The molecule has 0 unspecified atom stereocenters. The van der Waals surface area contributed by atoms with E-state index in [-0.39, 0.29) is 18.5 Å². The Morgan fingerprint density at radius 2 is 1.59 bits per heavy atom. The van der Waals surface area contributed by atoms with Crippen molar-refractivity contribution in [2.24, 2.45) is 0 Å². The van der Waals surface area contributed by atoms with E-state index < -0.39 is 10.0 Å². The van der Waals surface area contributed by atoms with Crippen LogP contribution in [0.15, 0.2) is 66.7 Å². The molecule has 37 heavy (non-hydrogen) atoms. The summed E-state index contributed by atoms with van der Waals surface area (Å²) >= 11 is 0. The third-order valence-corrected chi connectivity index (χ3v) is 8.16. The first kappa shape index (κ1) is 26.7. The van der Waals surface area contributed by atoms with Gasteiger partial charge in [-0.3, -0.25) is 9.10 Å². The Bertz CT molecular complexity index is 1330. The van der Waals surface area contributed by atoms with Crippen LogP contribution in [0.5, 0.6) is 0 Å². The van der Waals surface area contributed by atoms with Crippen molar-refractivity contribution in [1.29, 1.82) is 0 Å². The molecule has 6 nitrogen and oxygen atoms in total. The molecule has 0 spiro atoms. The average Bonchev–Trinajstić information content (AvgIpc) is 2.89. The molecule has 0 saturated carbocycles. The number of nitrogens with one attached hydrogen (secondary N) is 1. The Morgan fingerprint density at radius 1 is 0.946 bits per heavy atom. The van der Waals surface area contributed by atoms with Crippen molar-refractivity contribution in [3.05, 3.63) is 94.5 Å². The highest BCUT2D eigenvalue weighted by molar-refractivity contribution is 7.92. The van der Waals surface area contributed by atoms with Crippen molar-refractivity contribution >= 4 is 27.3 Å². The highest BCUT2D eigenvalue weighted by Crippen LogP contribution is 2.26. The van der Waals surface area contributed by atoms with E-state index in [1.807, 2.05) is 51.1 Å². The lowest BCUT2D eigenvalue weighted by molar-refractivity contribution is 0.0940. The van der Waals surface area contributed by atoms with Gasteiger partial charge in [-0.2, -0.15) is 0 Å². The summed E-state index contributed by atoms with van der Waals surface area (Å²) in [6.45, 7) is 8.24. The topological polar surface area (TPSA) is 69.7 Å². The molecule has 1 amide bonds. The molecule has 1 aliphatic rings. The van der Waals surface area contributed by atoms with Gasteiger partial charge >= 0.3 is 0 Å². The molecule has 1 atom stereocenters. The monoisotopic (exact) mass is 519 g/mol. The second-order valence-corrected chi connectivity index (χ2v) is 12.0. The van der Waals surface area contributed by atoms with Crippen LogP contribution in [0.3, 0.4) is 0 Å².